The first-order valence-corrected chi connectivity index (χ1v) is 12.7. The molecule has 0 heterocycles. The van der Waals surface area contributed by atoms with Crippen LogP contribution in [0.1, 0.15) is 105 Å². The second-order valence-corrected chi connectivity index (χ2v) is 11.6. The smallest absolute Gasteiger partial charge is 0.0716 e. The van der Waals surface area contributed by atoms with Gasteiger partial charge in [0.25, 0.3) is 0 Å². The van der Waals surface area contributed by atoms with E-state index in [2.05, 4.69) is 34.6 Å². The number of hydrogen-bond donors (Lipinski definition) is 1. The van der Waals surface area contributed by atoms with Gasteiger partial charge in [-0.05, 0) is 93.3 Å². The predicted molar refractivity (Wildman–Crippen MR) is 116 cm³/mol. The van der Waals surface area contributed by atoms with Crippen LogP contribution >= 0.6 is 0 Å². The number of aliphatic hydroxyl groups excluding tert-OH is 1. The molecule has 1 N–H and O–H groups in total. The Kier molecular flexibility index (Phi) is 5.71. The first kappa shape index (κ1) is 21.2. The van der Waals surface area contributed by atoms with Gasteiger partial charge in [0.1, 0.15) is 0 Å². The van der Waals surface area contributed by atoms with Crippen molar-refractivity contribution in [2.75, 3.05) is 6.61 Å². The maximum atomic E-state index is 11.8. The summed E-state index contributed by atoms with van der Waals surface area (Å²) in [6.07, 6.45) is 14.0. The fourth-order valence-electron chi connectivity index (χ4n) is 9.32. The highest BCUT2D eigenvalue weighted by Gasteiger charge is 2.69. The highest BCUT2D eigenvalue weighted by Crippen LogP contribution is 2.71. The summed E-state index contributed by atoms with van der Waals surface area (Å²) >= 11 is 0. The van der Waals surface area contributed by atoms with E-state index in [9.17, 15) is 5.11 Å². The fraction of sp³-hybridized carbons (Fsp3) is 1.00. The molecule has 0 amide bonds. The summed E-state index contributed by atoms with van der Waals surface area (Å²) in [5.41, 5.74) is 0.486. The van der Waals surface area contributed by atoms with Crippen LogP contribution in [-0.2, 0) is 4.74 Å². The zero-order valence-corrected chi connectivity index (χ0v) is 19.3. The molecule has 0 spiro atoms. The number of aliphatic hydroxyl groups is 1. The Morgan fingerprint density at radius 3 is 2.54 bits per heavy atom. The third-order valence-corrected chi connectivity index (χ3v) is 10.7. The average molecular weight is 391 g/mol. The highest BCUT2D eigenvalue weighted by molar-refractivity contribution is 5.18. The number of hydrogen-bond acceptors (Lipinski definition) is 2. The van der Waals surface area contributed by atoms with Crippen LogP contribution in [0, 0.1) is 40.4 Å². The second-order valence-electron chi connectivity index (χ2n) is 11.6. The second kappa shape index (κ2) is 7.56. The Hall–Kier alpha value is -0.0800. The van der Waals surface area contributed by atoms with Crippen LogP contribution in [0.4, 0.5) is 0 Å². The zero-order valence-electron chi connectivity index (χ0n) is 19.3. The third-order valence-electron chi connectivity index (χ3n) is 10.7. The zero-order chi connectivity index (χ0) is 20.2. The molecule has 0 aromatic heterocycles. The van der Waals surface area contributed by atoms with E-state index < -0.39 is 0 Å². The molecule has 28 heavy (non-hydrogen) atoms. The van der Waals surface area contributed by atoms with Gasteiger partial charge in [0.15, 0.2) is 0 Å². The van der Waals surface area contributed by atoms with Crippen molar-refractivity contribution in [3.05, 3.63) is 0 Å². The lowest BCUT2D eigenvalue weighted by atomic mass is 9.42. The van der Waals surface area contributed by atoms with Gasteiger partial charge in [-0.3, -0.25) is 0 Å². The third kappa shape index (κ3) is 2.79. The van der Waals surface area contributed by atoms with Crippen molar-refractivity contribution in [2.45, 2.75) is 117 Å². The molecule has 2 heteroatoms. The lowest BCUT2D eigenvalue weighted by Gasteiger charge is -2.65. The Morgan fingerprint density at radius 2 is 1.82 bits per heavy atom. The molecule has 0 radical (unpaired) electrons. The van der Waals surface area contributed by atoms with E-state index >= 15 is 0 Å². The van der Waals surface area contributed by atoms with Gasteiger partial charge in [-0.25, -0.2) is 0 Å². The van der Waals surface area contributed by atoms with Gasteiger partial charge >= 0.3 is 0 Å². The summed E-state index contributed by atoms with van der Waals surface area (Å²) in [5.74, 6) is 3.47. The fourth-order valence-corrected chi connectivity index (χ4v) is 9.32. The monoisotopic (exact) mass is 390 g/mol. The Bertz CT molecular complexity index is 561. The largest absolute Gasteiger partial charge is 0.393 e. The van der Waals surface area contributed by atoms with E-state index in [1.165, 1.54) is 57.8 Å². The predicted octanol–water partition coefficient (Wildman–Crippen LogP) is 6.60. The standard InChI is InChI=1S/C26H46O2/c1-6-16-28-25(5)15-13-21-20-12-11-19-10-8-9-14-24(19,4)23(20)22(27)17-26(21,25)18(3)7-2/h18-23,27H,6-17H2,1-5H3. The topological polar surface area (TPSA) is 29.5 Å². The van der Waals surface area contributed by atoms with Gasteiger partial charge in [-0.15, -0.1) is 0 Å². The van der Waals surface area contributed by atoms with Crippen LogP contribution in [-0.4, -0.2) is 23.4 Å². The van der Waals surface area contributed by atoms with Crippen LogP contribution in [0.3, 0.4) is 0 Å². The van der Waals surface area contributed by atoms with Crippen molar-refractivity contribution in [1.29, 1.82) is 0 Å². The minimum absolute atomic E-state index is 0.0562. The molecule has 4 fully saturated rings. The van der Waals surface area contributed by atoms with Crippen molar-refractivity contribution < 1.29 is 9.84 Å². The molecule has 4 rings (SSSR count). The van der Waals surface area contributed by atoms with Gasteiger partial charge in [0, 0.05) is 12.0 Å². The van der Waals surface area contributed by atoms with Crippen LogP contribution in [0.25, 0.3) is 0 Å². The molecule has 0 aromatic rings. The van der Waals surface area contributed by atoms with E-state index in [0.29, 0.717) is 23.2 Å². The van der Waals surface area contributed by atoms with Crippen LogP contribution in [0.5, 0.6) is 0 Å². The van der Waals surface area contributed by atoms with Gasteiger partial charge in [-0.1, -0.05) is 47.0 Å². The Morgan fingerprint density at radius 1 is 1.04 bits per heavy atom. The van der Waals surface area contributed by atoms with Gasteiger partial charge in [0.05, 0.1) is 11.7 Å². The number of fused-ring (bicyclic) bond motifs is 5. The molecule has 4 aliphatic carbocycles. The summed E-state index contributed by atoms with van der Waals surface area (Å²) in [5, 5.41) is 11.8. The Labute approximate surface area is 174 Å². The number of ether oxygens (including phenoxy) is 1. The van der Waals surface area contributed by atoms with E-state index in [-0.39, 0.29) is 17.1 Å². The van der Waals surface area contributed by atoms with Crippen molar-refractivity contribution in [3.63, 3.8) is 0 Å². The molecule has 9 unspecified atom stereocenters. The van der Waals surface area contributed by atoms with E-state index in [1.54, 1.807) is 0 Å². The maximum Gasteiger partial charge on any atom is 0.0716 e. The molecular formula is C26H46O2. The van der Waals surface area contributed by atoms with E-state index in [0.717, 1.165) is 31.3 Å². The van der Waals surface area contributed by atoms with Gasteiger partial charge < -0.3 is 9.84 Å². The summed E-state index contributed by atoms with van der Waals surface area (Å²) < 4.78 is 6.68. The summed E-state index contributed by atoms with van der Waals surface area (Å²) in [6, 6.07) is 0. The molecule has 4 saturated carbocycles. The van der Waals surface area contributed by atoms with Gasteiger partial charge in [0.2, 0.25) is 0 Å². The summed E-state index contributed by atoms with van der Waals surface area (Å²) in [4.78, 5) is 0. The molecule has 0 aromatic carbocycles. The molecule has 9 atom stereocenters. The van der Waals surface area contributed by atoms with Crippen LogP contribution < -0.4 is 0 Å². The molecule has 162 valence electrons. The van der Waals surface area contributed by atoms with Crippen LogP contribution in [0.15, 0.2) is 0 Å². The Balaban J connectivity index is 1.73. The molecule has 0 bridgehead atoms. The van der Waals surface area contributed by atoms with Crippen molar-refractivity contribution in [3.8, 4) is 0 Å². The van der Waals surface area contributed by atoms with Crippen molar-refractivity contribution in [1.82, 2.24) is 0 Å². The molecule has 2 nitrogen and oxygen atoms in total. The summed E-state index contributed by atoms with van der Waals surface area (Å²) in [7, 11) is 0. The SMILES string of the molecule is CCCOC1(C)CCC2C3CCC4CCCCC4(C)C3C(O)CC21C(C)CC. The van der Waals surface area contributed by atoms with Crippen molar-refractivity contribution in [2.24, 2.45) is 40.4 Å². The minimum Gasteiger partial charge on any atom is -0.393 e. The average Bonchev–Trinajstić information content (AvgIpc) is 2.98. The highest BCUT2D eigenvalue weighted by atomic mass is 16.5. The van der Waals surface area contributed by atoms with Crippen LogP contribution in [0.2, 0.25) is 0 Å². The lowest BCUT2D eigenvalue weighted by Crippen LogP contribution is -2.63. The van der Waals surface area contributed by atoms with Gasteiger partial charge in [-0.2, -0.15) is 0 Å². The summed E-state index contributed by atoms with van der Waals surface area (Å²) in [6.45, 7) is 12.9. The maximum absolute atomic E-state index is 11.8. The number of rotatable bonds is 5. The molecule has 4 aliphatic rings. The molecule has 0 aliphatic heterocycles. The minimum atomic E-state index is -0.135. The molecular weight excluding hydrogens is 344 g/mol. The lowest BCUT2D eigenvalue weighted by molar-refractivity contribution is -0.226. The van der Waals surface area contributed by atoms with E-state index in [1.807, 2.05) is 0 Å². The normalized spacial score (nSPS) is 51.9. The first-order valence-electron chi connectivity index (χ1n) is 12.7. The van der Waals surface area contributed by atoms with Crippen molar-refractivity contribution >= 4 is 0 Å². The first-order chi connectivity index (χ1) is 13.3. The quantitative estimate of drug-likeness (QED) is 0.573. The molecule has 0 saturated heterocycles. The van der Waals surface area contributed by atoms with E-state index in [4.69, 9.17) is 4.74 Å².